The van der Waals surface area contributed by atoms with E-state index in [0.717, 1.165) is 27.8 Å². The van der Waals surface area contributed by atoms with E-state index in [1.165, 1.54) is 11.1 Å². The predicted octanol–water partition coefficient (Wildman–Crippen LogP) is 5.27. The summed E-state index contributed by atoms with van der Waals surface area (Å²) in [7, 11) is 0. The first-order chi connectivity index (χ1) is 17.0. The Morgan fingerprint density at radius 2 is 1.69 bits per heavy atom. The molecule has 0 bridgehead atoms. The van der Waals surface area contributed by atoms with E-state index < -0.39 is 0 Å². The van der Waals surface area contributed by atoms with Gasteiger partial charge in [0.25, 0.3) is 5.91 Å². The van der Waals surface area contributed by atoms with E-state index in [0.29, 0.717) is 44.1 Å². The molecule has 0 spiro atoms. The average Bonchev–Trinajstić information content (AvgIpc) is 2.90. The molecule has 6 nitrogen and oxygen atoms in total. The van der Waals surface area contributed by atoms with E-state index in [2.05, 4.69) is 47.1 Å². The smallest absolute Gasteiger partial charge is 0.258 e. The molecule has 2 heterocycles. The summed E-state index contributed by atoms with van der Waals surface area (Å²) >= 11 is 0. The SMILES string of the molecule is CCOc1ccc2ccccc2c1C(=O)N1CCN(c2ccc(-c3ccc(C)c(C)c3)nn2)CC1. The van der Waals surface area contributed by atoms with Gasteiger partial charge in [-0.15, -0.1) is 10.2 Å². The first-order valence-electron chi connectivity index (χ1n) is 12.2. The van der Waals surface area contributed by atoms with E-state index in [1.54, 1.807) is 0 Å². The summed E-state index contributed by atoms with van der Waals surface area (Å²) in [6, 6.07) is 22.3. The summed E-state index contributed by atoms with van der Waals surface area (Å²) in [4.78, 5) is 17.7. The summed E-state index contributed by atoms with van der Waals surface area (Å²) in [6.07, 6.45) is 0. The van der Waals surface area contributed by atoms with Crippen LogP contribution in [0.4, 0.5) is 5.82 Å². The van der Waals surface area contributed by atoms with Crippen LogP contribution in [0.5, 0.6) is 5.75 Å². The fraction of sp³-hybridized carbons (Fsp3) is 0.276. The third-order valence-corrected chi connectivity index (χ3v) is 6.75. The molecule has 1 aromatic heterocycles. The maximum absolute atomic E-state index is 13.6. The highest BCUT2D eigenvalue weighted by Gasteiger charge is 2.26. The molecule has 3 aromatic carbocycles. The molecule has 0 radical (unpaired) electrons. The number of benzene rings is 3. The van der Waals surface area contributed by atoms with Crippen molar-refractivity contribution in [2.45, 2.75) is 20.8 Å². The molecule has 0 aliphatic carbocycles. The molecule has 4 aromatic rings. The van der Waals surface area contributed by atoms with Crippen LogP contribution in [-0.4, -0.2) is 53.8 Å². The van der Waals surface area contributed by atoms with Crippen molar-refractivity contribution >= 4 is 22.5 Å². The quantitative estimate of drug-likeness (QED) is 0.401. The molecule has 5 rings (SSSR count). The lowest BCUT2D eigenvalue weighted by molar-refractivity contribution is 0.0744. The summed E-state index contributed by atoms with van der Waals surface area (Å²) < 4.78 is 5.83. The lowest BCUT2D eigenvalue weighted by atomic mass is 10.0. The van der Waals surface area contributed by atoms with Gasteiger partial charge in [0.05, 0.1) is 17.9 Å². The van der Waals surface area contributed by atoms with E-state index in [1.807, 2.05) is 60.4 Å². The van der Waals surface area contributed by atoms with E-state index >= 15 is 0 Å². The second-order valence-corrected chi connectivity index (χ2v) is 8.95. The van der Waals surface area contributed by atoms with Gasteiger partial charge in [0.1, 0.15) is 5.75 Å². The molecule has 0 saturated carbocycles. The highest BCUT2D eigenvalue weighted by molar-refractivity contribution is 6.09. The third kappa shape index (κ3) is 4.56. The molecule has 0 unspecified atom stereocenters. The van der Waals surface area contributed by atoms with Crippen LogP contribution in [0.2, 0.25) is 0 Å². The Hall–Kier alpha value is -3.93. The number of ether oxygens (including phenoxy) is 1. The number of aromatic nitrogens is 2. The van der Waals surface area contributed by atoms with Gasteiger partial charge in [0.2, 0.25) is 0 Å². The predicted molar refractivity (Wildman–Crippen MR) is 140 cm³/mol. The molecular weight excluding hydrogens is 436 g/mol. The van der Waals surface area contributed by atoms with E-state index in [-0.39, 0.29) is 5.91 Å². The van der Waals surface area contributed by atoms with Gasteiger partial charge in [0.15, 0.2) is 5.82 Å². The van der Waals surface area contributed by atoms with Crippen molar-refractivity contribution in [3.05, 3.63) is 83.4 Å². The van der Waals surface area contributed by atoms with Crippen molar-refractivity contribution < 1.29 is 9.53 Å². The average molecular weight is 467 g/mol. The van der Waals surface area contributed by atoms with Crippen LogP contribution in [-0.2, 0) is 0 Å². The number of aryl methyl sites for hydroxylation is 2. The van der Waals surface area contributed by atoms with Gasteiger partial charge in [-0.2, -0.15) is 0 Å². The summed E-state index contributed by atoms with van der Waals surface area (Å²) in [5.41, 5.74) is 5.10. The number of fused-ring (bicyclic) bond motifs is 1. The van der Waals surface area contributed by atoms with Crippen LogP contribution in [0.15, 0.2) is 66.7 Å². The Morgan fingerprint density at radius 1 is 0.886 bits per heavy atom. The molecular formula is C29H30N4O2. The Labute approximate surface area is 206 Å². The molecule has 1 amide bonds. The Kier molecular flexibility index (Phi) is 6.36. The second kappa shape index (κ2) is 9.74. The maximum Gasteiger partial charge on any atom is 0.258 e. The number of hydrogen-bond donors (Lipinski definition) is 0. The first-order valence-corrected chi connectivity index (χ1v) is 12.2. The molecule has 6 heteroatoms. The van der Waals surface area contributed by atoms with Gasteiger partial charge in [0, 0.05) is 31.7 Å². The minimum absolute atomic E-state index is 0.0149. The second-order valence-electron chi connectivity index (χ2n) is 8.95. The van der Waals surface area contributed by atoms with Gasteiger partial charge >= 0.3 is 0 Å². The van der Waals surface area contributed by atoms with Crippen LogP contribution in [0, 0.1) is 13.8 Å². The number of carbonyl (C=O) groups is 1. The van der Waals surface area contributed by atoms with E-state index in [9.17, 15) is 4.79 Å². The molecule has 1 saturated heterocycles. The topological polar surface area (TPSA) is 58.6 Å². The monoisotopic (exact) mass is 466 g/mol. The summed E-state index contributed by atoms with van der Waals surface area (Å²) in [6.45, 7) is 9.32. The van der Waals surface area contributed by atoms with Gasteiger partial charge < -0.3 is 14.5 Å². The molecule has 1 fully saturated rings. The number of nitrogens with zero attached hydrogens (tertiary/aromatic N) is 4. The molecule has 178 valence electrons. The molecule has 1 aliphatic heterocycles. The van der Waals surface area contributed by atoms with Crippen molar-refractivity contribution in [1.82, 2.24) is 15.1 Å². The van der Waals surface area contributed by atoms with Crippen molar-refractivity contribution in [1.29, 1.82) is 0 Å². The van der Waals surface area contributed by atoms with Gasteiger partial charge in [-0.05, 0) is 66.9 Å². The molecule has 35 heavy (non-hydrogen) atoms. The highest BCUT2D eigenvalue weighted by Crippen LogP contribution is 2.30. The minimum atomic E-state index is 0.0149. The number of hydrogen-bond acceptors (Lipinski definition) is 5. The zero-order valence-electron chi connectivity index (χ0n) is 20.5. The zero-order valence-corrected chi connectivity index (χ0v) is 20.5. The number of carbonyl (C=O) groups excluding carboxylic acids is 1. The Balaban J connectivity index is 1.31. The lowest BCUT2D eigenvalue weighted by Crippen LogP contribution is -2.49. The Morgan fingerprint density at radius 3 is 2.40 bits per heavy atom. The van der Waals surface area contributed by atoms with Crippen molar-refractivity contribution in [3.63, 3.8) is 0 Å². The summed E-state index contributed by atoms with van der Waals surface area (Å²) in [5, 5.41) is 10.9. The van der Waals surface area contributed by atoms with Crippen LogP contribution >= 0.6 is 0 Å². The first kappa shape index (κ1) is 22.8. The molecule has 0 atom stereocenters. The number of rotatable bonds is 5. The van der Waals surface area contributed by atoms with Crippen molar-refractivity contribution in [3.8, 4) is 17.0 Å². The largest absolute Gasteiger partial charge is 0.493 e. The van der Waals surface area contributed by atoms with Crippen LogP contribution in [0.25, 0.3) is 22.0 Å². The minimum Gasteiger partial charge on any atom is -0.493 e. The number of amides is 1. The Bertz CT molecular complexity index is 1360. The standard InChI is InChI=1S/C29H30N4O2/c1-4-35-26-13-11-22-7-5-6-8-24(22)28(26)29(34)33-17-15-32(16-18-33)27-14-12-25(30-31-27)23-10-9-20(2)21(3)19-23/h5-14,19H,4,15-18H2,1-3H3. The summed E-state index contributed by atoms with van der Waals surface area (Å²) in [5.74, 6) is 1.50. The number of anilines is 1. The van der Waals surface area contributed by atoms with Crippen LogP contribution in [0.1, 0.15) is 28.4 Å². The molecule has 0 N–H and O–H groups in total. The van der Waals surface area contributed by atoms with Crippen LogP contribution < -0.4 is 9.64 Å². The zero-order chi connectivity index (χ0) is 24.4. The third-order valence-electron chi connectivity index (χ3n) is 6.75. The van der Waals surface area contributed by atoms with Gasteiger partial charge in [-0.1, -0.05) is 42.5 Å². The fourth-order valence-electron chi connectivity index (χ4n) is 4.59. The van der Waals surface area contributed by atoms with Crippen LogP contribution in [0.3, 0.4) is 0 Å². The molecule has 1 aliphatic rings. The maximum atomic E-state index is 13.6. The van der Waals surface area contributed by atoms with Crippen molar-refractivity contribution in [2.24, 2.45) is 0 Å². The number of piperazine rings is 1. The normalized spacial score (nSPS) is 13.8. The fourth-order valence-corrected chi connectivity index (χ4v) is 4.59. The van der Waals surface area contributed by atoms with Crippen molar-refractivity contribution in [2.75, 3.05) is 37.7 Å². The van der Waals surface area contributed by atoms with Gasteiger partial charge in [-0.3, -0.25) is 4.79 Å². The van der Waals surface area contributed by atoms with Gasteiger partial charge in [-0.25, -0.2) is 0 Å². The highest BCUT2D eigenvalue weighted by atomic mass is 16.5. The van der Waals surface area contributed by atoms with E-state index in [4.69, 9.17) is 4.74 Å². The lowest BCUT2D eigenvalue weighted by Gasteiger charge is -2.35.